The number of fused-ring (bicyclic) bond motifs is 5. The molecule has 7 nitrogen and oxygen atoms in total. The second-order valence-electron chi connectivity index (χ2n) is 8.56. The van der Waals surface area contributed by atoms with Gasteiger partial charge in [0.2, 0.25) is 0 Å². The van der Waals surface area contributed by atoms with Gasteiger partial charge in [0.25, 0.3) is 11.8 Å². The predicted molar refractivity (Wildman–Crippen MR) is 133 cm³/mol. The zero-order chi connectivity index (χ0) is 24.3. The molecule has 5 aromatic rings. The highest BCUT2D eigenvalue weighted by molar-refractivity contribution is 6.40. The normalized spacial score (nSPS) is 13.3. The minimum atomic E-state index is -0.362. The summed E-state index contributed by atoms with van der Waals surface area (Å²) in [7, 11) is 3.22. The maximum absolute atomic E-state index is 13.9. The zero-order valence-electron chi connectivity index (χ0n) is 19.5. The van der Waals surface area contributed by atoms with Gasteiger partial charge in [-0.25, -0.2) is 4.90 Å². The van der Waals surface area contributed by atoms with E-state index in [1.165, 1.54) is 4.90 Å². The summed E-state index contributed by atoms with van der Waals surface area (Å²) in [6.07, 6.45) is 1.59. The number of hydrogen-bond donors (Lipinski definition) is 0. The Morgan fingerprint density at radius 1 is 0.914 bits per heavy atom. The second-order valence-corrected chi connectivity index (χ2v) is 8.56. The average molecular weight is 466 g/mol. The van der Waals surface area contributed by atoms with Crippen LogP contribution in [0, 0.1) is 6.92 Å². The van der Waals surface area contributed by atoms with Gasteiger partial charge in [0.05, 0.1) is 41.2 Å². The topological polar surface area (TPSA) is 73.9 Å². The Kier molecular flexibility index (Phi) is 4.76. The molecule has 0 saturated heterocycles. The van der Waals surface area contributed by atoms with Crippen LogP contribution >= 0.6 is 0 Å². The number of aromatic nitrogens is 1. The summed E-state index contributed by atoms with van der Waals surface area (Å²) in [5, 5.41) is 1.47. The largest absolute Gasteiger partial charge is 0.497 e. The number of imide groups is 1. The number of rotatable bonds is 5. The number of ether oxygens (including phenoxy) is 2. The summed E-state index contributed by atoms with van der Waals surface area (Å²) < 4.78 is 18.8. The molecule has 0 saturated carbocycles. The van der Waals surface area contributed by atoms with Crippen molar-refractivity contribution in [3.05, 3.63) is 83.6 Å². The number of furan rings is 1. The SMILES string of the molecule is COCn1c2ccc(OC)cc2c2c3c(cc(-c4ccco4)c21)C(=O)N(c1ccc(C)cc1)C3=O. The van der Waals surface area contributed by atoms with E-state index in [-0.39, 0.29) is 18.5 Å². The number of methoxy groups -OCH3 is 2. The number of carbonyl (C=O) groups is 2. The molecule has 3 aromatic carbocycles. The number of hydrogen-bond acceptors (Lipinski definition) is 5. The van der Waals surface area contributed by atoms with E-state index in [0.717, 1.165) is 22.0 Å². The van der Waals surface area contributed by atoms with Crippen LogP contribution in [0.25, 0.3) is 33.1 Å². The summed E-state index contributed by atoms with van der Waals surface area (Å²) in [6, 6.07) is 18.4. The molecule has 3 heterocycles. The number of carbonyl (C=O) groups excluding carboxylic acids is 2. The Morgan fingerprint density at radius 2 is 1.71 bits per heavy atom. The maximum atomic E-state index is 13.9. The van der Waals surface area contributed by atoms with Crippen LogP contribution in [0.5, 0.6) is 5.75 Å². The Labute approximate surface area is 201 Å². The van der Waals surface area contributed by atoms with Gasteiger partial charge in [0.1, 0.15) is 18.2 Å². The Bertz CT molecular complexity index is 1630. The summed E-state index contributed by atoms with van der Waals surface area (Å²) in [5.41, 5.74) is 4.62. The molecule has 0 N–H and O–H groups in total. The fraction of sp³-hybridized carbons (Fsp3) is 0.143. The summed E-state index contributed by atoms with van der Waals surface area (Å²) >= 11 is 0. The molecule has 0 unspecified atom stereocenters. The van der Waals surface area contributed by atoms with E-state index in [4.69, 9.17) is 13.9 Å². The number of nitrogens with zero attached hydrogens (tertiary/aromatic N) is 2. The van der Waals surface area contributed by atoms with Crippen molar-refractivity contribution in [1.82, 2.24) is 4.57 Å². The first-order valence-corrected chi connectivity index (χ1v) is 11.2. The second kappa shape index (κ2) is 7.85. The third-order valence-corrected chi connectivity index (χ3v) is 6.52. The Hall–Kier alpha value is -4.36. The minimum Gasteiger partial charge on any atom is -0.497 e. The lowest BCUT2D eigenvalue weighted by Crippen LogP contribution is -2.29. The van der Waals surface area contributed by atoms with E-state index >= 15 is 0 Å². The van der Waals surface area contributed by atoms with E-state index in [2.05, 4.69) is 0 Å². The maximum Gasteiger partial charge on any atom is 0.266 e. The molecule has 0 radical (unpaired) electrons. The first-order chi connectivity index (χ1) is 17.0. The van der Waals surface area contributed by atoms with Crippen LogP contribution in [-0.2, 0) is 11.5 Å². The van der Waals surface area contributed by atoms with E-state index in [9.17, 15) is 9.59 Å². The molecule has 0 aliphatic carbocycles. The molecule has 2 amide bonds. The van der Waals surface area contributed by atoms with Crippen LogP contribution in [0.15, 0.2) is 71.3 Å². The summed E-state index contributed by atoms with van der Waals surface area (Å²) in [4.78, 5) is 28.8. The molecule has 6 rings (SSSR count). The smallest absolute Gasteiger partial charge is 0.266 e. The van der Waals surface area contributed by atoms with Crippen LogP contribution in [0.2, 0.25) is 0 Å². The number of aryl methyl sites for hydroxylation is 1. The van der Waals surface area contributed by atoms with E-state index in [0.29, 0.717) is 39.3 Å². The van der Waals surface area contributed by atoms with Crippen LogP contribution in [0.4, 0.5) is 5.69 Å². The van der Waals surface area contributed by atoms with Crippen LogP contribution in [-0.4, -0.2) is 30.6 Å². The van der Waals surface area contributed by atoms with Crippen molar-refractivity contribution in [2.45, 2.75) is 13.7 Å². The van der Waals surface area contributed by atoms with Crippen LogP contribution in [0.3, 0.4) is 0 Å². The van der Waals surface area contributed by atoms with Crippen molar-refractivity contribution in [3.8, 4) is 17.1 Å². The highest BCUT2D eigenvalue weighted by Crippen LogP contribution is 2.44. The third-order valence-electron chi connectivity index (χ3n) is 6.52. The van der Waals surface area contributed by atoms with Crippen molar-refractivity contribution in [2.75, 3.05) is 19.1 Å². The first-order valence-electron chi connectivity index (χ1n) is 11.2. The average Bonchev–Trinajstić information content (AvgIpc) is 3.57. The quantitative estimate of drug-likeness (QED) is 0.307. The van der Waals surface area contributed by atoms with Gasteiger partial charge in [-0.3, -0.25) is 9.59 Å². The lowest BCUT2D eigenvalue weighted by molar-refractivity contribution is 0.0926. The molecular weight excluding hydrogens is 444 g/mol. The van der Waals surface area contributed by atoms with Crippen molar-refractivity contribution in [2.24, 2.45) is 0 Å². The van der Waals surface area contributed by atoms with Gasteiger partial charge in [0, 0.05) is 23.4 Å². The number of anilines is 1. The van der Waals surface area contributed by atoms with Gasteiger partial charge >= 0.3 is 0 Å². The highest BCUT2D eigenvalue weighted by Gasteiger charge is 2.40. The fourth-order valence-electron chi connectivity index (χ4n) is 4.94. The molecular formula is C28H22N2O5. The minimum absolute atomic E-state index is 0.253. The van der Waals surface area contributed by atoms with Gasteiger partial charge in [-0.1, -0.05) is 17.7 Å². The van der Waals surface area contributed by atoms with E-state index < -0.39 is 0 Å². The molecule has 1 aliphatic heterocycles. The highest BCUT2D eigenvalue weighted by atomic mass is 16.5. The molecule has 174 valence electrons. The van der Waals surface area contributed by atoms with Crippen molar-refractivity contribution in [1.29, 1.82) is 0 Å². The van der Waals surface area contributed by atoms with Crippen molar-refractivity contribution >= 4 is 39.3 Å². The van der Waals surface area contributed by atoms with E-state index in [1.807, 2.05) is 47.9 Å². The number of amides is 2. The van der Waals surface area contributed by atoms with Gasteiger partial charge in [-0.05, 0) is 55.5 Å². The van der Waals surface area contributed by atoms with Gasteiger partial charge in [-0.2, -0.15) is 0 Å². The van der Waals surface area contributed by atoms with E-state index in [1.54, 1.807) is 44.7 Å². The summed E-state index contributed by atoms with van der Waals surface area (Å²) in [5.74, 6) is 0.528. The summed E-state index contributed by atoms with van der Waals surface area (Å²) in [6.45, 7) is 2.21. The van der Waals surface area contributed by atoms with Gasteiger partial charge in [-0.15, -0.1) is 0 Å². The van der Waals surface area contributed by atoms with Gasteiger partial charge < -0.3 is 18.5 Å². The molecule has 0 bridgehead atoms. The monoisotopic (exact) mass is 466 g/mol. The van der Waals surface area contributed by atoms with Crippen LogP contribution < -0.4 is 9.64 Å². The molecule has 0 atom stereocenters. The van der Waals surface area contributed by atoms with Crippen molar-refractivity contribution in [3.63, 3.8) is 0 Å². The van der Waals surface area contributed by atoms with Gasteiger partial charge in [0.15, 0.2) is 0 Å². The molecule has 0 spiro atoms. The molecule has 7 heteroatoms. The lowest BCUT2D eigenvalue weighted by atomic mass is 9.97. The van der Waals surface area contributed by atoms with Crippen LogP contribution in [0.1, 0.15) is 26.3 Å². The zero-order valence-corrected chi connectivity index (χ0v) is 19.5. The molecule has 35 heavy (non-hydrogen) atoms. The number of benzene rings is 3. The first kappa shape index (κ1) is 21.2. The standard InChI is InChI=1S/C28H22N2O5/c1-16-6-8-17(9-7-16)30-27(31)21-14-20(23-5-4-12-35-23)26-24(25(21)28(30)32)19-13-18(34-3)10-11-22(19)29(26)15-33-2/h4-14H,15H2,1-3H3. The fourth-order valence-corrected chi connectivity index (χ4v) is 4.94. The Morgan fingerprint density at radius 3 is 2.40 bits per heavy atom. The third kappa shape index (κ3) is 3.02. The Balaban J connectivity index is 1.75. The molecule has 0 fully saturated rings. The van der Waals surface area contributed by atoms with Crippen molar-refractivity contribution < 1.29 is 23.5 Å². The molecule has 2 aromatic heterocycles. The molecule has 1 aliphatic rings. The predicted octanol–water partition coefficient (Wildman–Crippen LogP) is 5.78. The lowest BCUT2D eigenvalue weighted by Gasteiger charge is -2.13.